The molecule has 0 saturated heterocycles. The van der Waals surface area contributed by atoms with E-state index in [1.165, 1.54) is 29.1 Å². The maximum Gasteiger partial charge on any atom is 0.292 e. The number of aryl methyl sites for hydroxylation is 1. The molecule has 28 heavy (non-hydrogen) atoms. The van der Waals surface area contributed by atoms with Crippen molar-refractivity contribution in [3.8, 4) is 0 Å². The van der Waals surface area contributed by atoms with E-state index in [1.807, 2.05) is 0 Å². The van der Waals surface area contributed by atoms with Crippen molar-refractivity contribution in [2.45, 2.75) is 13.5 Å². The lowest BCUT2D eigenvalue weighted by Crippen LogP contribution is -2.28. The third-order valence-corrected chi connectivity index (χ3v) is 4.25. The second kappa shape index (κ2) is 7.97. The maximum atomic E-state index is 12.5. The van der Waals surface area contributed by atoms with Gasteiger partial charge in [0.15, 0.2) is 5.69 Å². The molecule has 142 valence electrons. The average molecular weight is 400 g/mol. The number of nitro groups is 1. The number of halogens is 1. The van der Waals surface area contributed by atoms with Crippen molar-refractivity contribution in [1.82, 2.24) is 15.2 Å². The molecule has 1 amide bonds. The summed E-state index contributed by atoms with van der Waals surface area (Å²) in [6.45, 7) is 2.05. The number of fused-ring (bicyclic) bond motifs is 1. The first-order valence-electron chi connectivity index (χ1n) is 8.19. The van der Waals surface area contributed by atoms with Crippen LogP contribution >= 0.6 is 11.6 Å². The Kier molecular flexibility index (Phi) is 5.46. The number of nitro benzene ring substituents is 1. The van der Waals surface area contributed by atoms with Crippen LogP contribution in [0.15, 0.2) is 52.4 Å². The number of carbonyl (C=O) groups is 1. The maximum absolute atomic E-state index is 12.5. The molecule has 2 aromatic carbocycles. The lowest BCUT2D eigenvalue weighted by Gasteiger charge is -2.08. The largest absolute Gasteiger partial charge is 0.292 e. The van der Waals surface area contributed by atoms with Crippen LogP contribution in [0.3, 0.4) is 0 Å². The minimum Gasteiger partial charge on any atom is -0.267 e. The molecular weight excluding hydrogens is 386 g/mol. The molecule has 0 atom stereocenters. The highest BCUT2D eigenvalue weighted by molar-refractivity contribution is 6.32. The monoisotopic (exact) mass is 399 g/mol. The van der Waals surface area contributed by atoms with E-state index in [0.717, 1.165) is 0 Å². The summed E-state index contributed by atoms with van der Waals surface area (Å²) in [5.41, 5.74) is 2.21. The van der Waals surface area contributed by atoms with Gasteiger partial charge < -0.3 is 0 Å². The van der Waals surface area contributed by atoms with Gasteiger partial charge in [-0.15, -0.1) is 0 Å². The number of nitrogens with one attached hydrogen (secondary N) is 1. The number of nitrogens with zero attached hydrogens (tertiary/aromatic N) is 4. The summed E-state index contributed by atoms with van der Waals surface area (Å²) in [5, 5.41) is 19.6. The molecule has 3 rings (SSSR count). The number of hydrogen-bond acceptors (Lipinski definition) is 6. The molecule has 10 heteroatoms. The number of rotatable bonds is 5. The number of carbonyl (C=O) groups excluding carboxylic acids is 1. The second-order valence-corrected chi connectivity index (χ2v) is 6.09. The molecule has 0 aliphatic heterocycles. The van der Waals surface area contributed by atoms with Crippen LogP contribution in [0.1, 0.15) is 23.0 Å². The smallest absolute Gasteiger partial charge is 0.267 e. The average Bonchev–Trinajstić information content (AvgIpc) is 2.69. The van der Waals surface area contributed by atoms with Crippen LogP contribution in [0.4, 0.5) is 5.69 Å². The van der Waals surface area contributed by atoms with E-state index in [1.54, 1.807) is 31.2 Å². The number of hydrogen-bond donors (Lipinski definition) is 1. The normalized spacial score (nSPS) is 11.1. The van der Waals surface area contributed by atoms with Crippen molar-refractivity contribution in [3.63, 3.8) is 0 Å². The highest BCUT2D eigenvalue weighted by Gasteiger charge is 2.16. The van der Waals surface area contributed by atoms with Gasteiger partial charge in [0, 0.05) is 23.6 Å². The molecule has 0 saturated carbocycles. The Morgan fingerprint density at radius 1 is 1.32 bits per heavy atom. The first-order valence-corrected chi connectivity index (χ1v) is 8.57. The van der Waals surface area contributed by atoms with Crippen LogP contribution in [0.5, 0.6) is 0 Å². The van der Waals surface area contributed by atoms with E-state index in [4.69, 9.17) is 11.6 Å². The summed E-state index contributed by atoms with van der Waals surface area (Å²) < 4.78 is 1.20. The molecule has 0 spiro atoms. The topological polar surface area (TPSA) is 119 Å². The molecule has 1 heterocycles. The zero-order valence-electron chi connectivity index (χ0n) is 14.6. The summed E-state index contributed by atoms with van der Waals surface area (Å²) in [7, 11) is 0. The van der Waals surface area contributed by atoms with Gasteiger partial charge in [0.05, 0.1) is 16.5 Å². The molecule has 0 unspecified atom stereocenters. The SMILES string of the molecule is CCn1nc(C(=O)N/N=C\c2ccc(Cl)c([N+](=O)[O-])c2)c2ccccc2c1=O. The molecule has 0 aliphatic carbocycles. The van der Waals surface area contributed by atoms with E-state index in [9.17, 15) is 19.7 Å². The fraction of sp³-hybridized carbons (Fsp3) is 0.111. The molecule has 1 N–H and O–H groups in total. The third kappa shape index (κ3) is 3.74. The first kappa shape index (κ1) is 19.2. The summed E-state index contributed by atoms with van der Waals surface area (Å²) >= 11 is 5.76. The zero-order chi connectivity index (χ0) is 20.3. The van der Waals surface area contributed by atoms with Gasteiger partial charge in [0.2, 0.25) is 0 Å². The van der Waals surface area contributed by atoms with Crippen molar-refractivity contribution in [2.75, 3.05) is 0 Å². The van der Waals surface area contributed by atoms with Crippen molar-refractivity contribution in [2.24, 2.45) is 5.10 Å². The van der Waals surface area contributed by atoms with Crippen LogP contribution in [0.25, 0.3) is 10.8 Å². The van der Waals surface area contributed by atoms with Crippen LogP contribution in [0, 0.1) is 10.1 Å². The minimum atomic E-state index is -0.613. The fourth-order valence-corrected chi connectivity index (χ4v) is 2.77. The summed E-state index contributed by atoms with van der Waals surface area (Å²) in [4.78, 5) is 35.2. The zero-order valence-corrected chi connectivity index (χ0v) is 15.4. The Morgan fingerprint density at radius 3 is 2.71 bits per heavy atom. The molecule has 0 radical (unpaired) electrons. The molecule has 0 aliphatic rings. The number of benzene rings is 2. The van der Waals surface area contributed by atoms with Crippen molar-refractivity contribution in [3.05, 3.63) is 79.2 Å². The van der Waals surface area contributed by atoms with E-state index in [-0.39, 0.29) is 22.0 Å². The molecule has 3 aromatic rings. The first-order chi connectivity index (χ1) is 13.4. The summed E-state index contributed by atoms with van der Waals surface area (Å²) in [5.74, 6) is -0.613. The van der Waals surface area contributed by atoms with Gasteiger partial charge in [-0.05, 0) is 19.1 Å². The minimum absolute atomic E-state index is 0.00341. The van der Waals surface area contributed by atoms with Crippen molar-refractivity contribution < 1.29 is 9.72 Å². The van der Waals surface area contributed by atoms with Crippen LogP contribution in [-0.2, 0) is 6.54 Å². The molecule has 9 nitrogen and oxygen atoms in total. The highest BCUT2D eigenvalue weighted by Crippen LogP contribution is 2.24. The lowest BCUT2D eigenvalue weighted by molar-refractivity contribution is -0.384. The third-order valence-electron chi connectivity index (χ3n) is 3.93. The summed E-state index contributed by atoms with van der Waals surface area (Å²) in [6.07, 6.45) is 1.25. The lowest BCUT2D eigenvalue weighted by atomic mass is 10.1. The van der Waals surface area contributed by atoms with Gasteiger partial charge >= 0.3 is 0 Å². The Bertz CT molecular complexity index is 1170. The van der Waals surface area contributed by atoms with Gasteiger partial charge in [0.25, 0.3) is 17.2 Å². The van der Waals surface area contributed by atoms with Gasteiger partial charge in [-0.3, -0.25) is 19.7 Å². The van der Waals surface area contributed by atoms with Gasteiger partial charge in [-0.1, -0.05) is 35.9 Å². The molecule has 0 fully saturated rings. The standard InChI is InChI=1S/C18H14ClN5O4/c1-2-23-18(26)13-6-4-3-5-12(13)16(22-23)17(25)21-20-10-11-7-8-14(19)15(9-11)24(27)28/h3-10H,2H2,1H3,(H,21,25)/b20-10-. The van der Waals surface area contributed by atoms with Crippen LogP contribution in [0.2, 0.25) is 5.02 Å². The molecule has 1 aromatic heterocycles. The van der Waals surface area contributed by atoms with Crippen LogP contribution < -0.4 is 11.0 Å². The Balaban J connectivity index is 1.89. The Labute approximate surface area is 163 Å². The quantitative estimate of drug-likeness (QED) is 0.402. The Morgan fingerprint density at radius 2 is 2.04 bits per heavy atom. The van der Waals surface area contributed by atoms with E-state index in [2.05, 4.69) is 15.6 Å². The second-order valence-electron chi connectivity index (χ2n) is 5.68. The number of aromatic nitrogens is 2. The van der Waals surface area contributed by atoms with Gasteiger partial charge in [0.1, 0.15) is 5.02 Å². The van der Waals surface area contributed by atoms with Crippen molar-refractivity contribution >= 4 is 40.2 Å². The van der Waals surface area contributed by atoms with E-state index >= 15 is 0 Å². The number of amides is 1. The number of hydrazone groups is 1. The fourth-order valence-electron chi connectivity index (χ4n) is 2.59. The Hall–Kier alpha value is -3.59. The van der Waals surface area contributed by atoms with Crippen LogP contribution in [-0.4, -0.2) is 26.8 Å². The van der Waals surface area contributed by atoms with Gasteiger partial charge in [-0.25, -0.2) is 10.1 Å². The predicted octanol–water partition coefficient (Wildman–Crippen LogP) is 2.74. The van der Waals surface area contributed by atoms with E-state index < -0.39 is 10.8 Å². The van der Waals surface area contributed by atoms with Crippen molar-refractivity contribution in [1.29, 1.82) is 0 Å². The summed E-state index contributed by atoms with van der Waals surface area (Å²) in [6, 6.07) is 10.8. The molecular formula is C18H14ClN5O4. The predicted molar refractivity (Wildman–Crippen MR) is 105 cm³/mol. The van der Waals surface area contributed by atoms with E-state index in [0.29, 0.717) is 22.9 Å². The molecule has 0 bridgehead atoms. The van der Waals surface area contributed by atoms with Gasteiger partial charge in [-0.2, -0.15) is 10.2 Å². The highest BCUT2D eigenvalue weighted by atomic mass is 35.5.